The minimum atomic E-state index is -0.0994. The van der Waals surface area contributed by atoms with Crippen molar-refractivity contribution in [3.63, 3.8) is 0 Å². The van der Waals surface area contributed by atoms with Gasteiger partial charge in [-0.3, -0.25) is 4.79 Å². The second-order valence-corrected chi connectivity index (χ2v) is 6.40. The Hall–Kier alpha value is -0.610. The molecule has 23 heavy (non-hydrogen) atoms. The molecule has 0 fully saturated rings. The molecule has 0 aromatic heterocycles. The Balaban J connectivity index is 3.08. The molecule has 0 aliphatic heterocycles. The number of hydrogen-bond acceptors (Lipinski definition) is 4. The van der Waals surface area contributed by atoms with E-state index in [2.05, 4.69) is 12.2 Å². The average molecular weight is 329 g/mol. The summed E-state index contributed by atoms with van der Waals surface area (Å²) in [6.07, 6.45) is 16.3. The molecule has 0 spiro atoms. The topological polar surface area (TPSA) is 64.3 Å². The second kappa shape index (κ2) is 19.4. The number of esters is 1. The lowest BCUT2D eigenvalue weighted by atomic mass is 10.1. The van der Waals surface area contributed by atoms with E-state index in [-0.39, 0.29) is 5.97 Å². The van der Waals surface area contributed by atoms with Gasteiger partial charge in [-0.1, -0.05) is 77.6 Å². The van der Waals surface area contributed by atoms with Crippen molar-refractivity contribution >= 4 is 5.97 Å². The standard InChI is InChI=1S/C19H40N2O2/c1-2-3-4-5-6-7-8-9-10-11-12-13-18-23-19(22)14-16-21-17-15-20/h21H,2-18,20H2,1H3. The van der Waals surface area contributed by atoms with Gasteiger partial charge in [0.1, 0.15) is 0 Å². The number of rotatable bonds is 18. The molecule has 0 atom stereocenters. The minimum Gasteiger partial charge on any atom is -0.466 e. The highest BCUT2D eigenvalue weighted by atomic mass is 16.5. The first-order valence-electron chi connectivity index (χ1n) is 9.87. The zero-order valence-corrected chi connectivity index (χ0v) is 15.4. The second-order valence-electron chi connectivity index (χ2n) is 6.40. The third kappa shape index (κ3) is 19.3. The molecule has 0 aromatic carbocycles. The number of unbranched alkanes of at least 4 members (excludes halogenated alkanes) is 11. The molecule has 0 saturated heterocycles. The first-order chi connectivity index (χ1) is 11.3. The van der Waals surface area contributed by atoms with Crippen LogP contribution < -0.4 is 11.1 Å². The predicted octanol–water partition coefficient (Wildman–Crippen LogP) is 4.17. The molecule has 0 aromatic rings. The summed E-state index contributed by atoms with van der Waals surface area (Å²) in [6.45, 7) is 4.86. The highest BCUT2D eigenvalue weighted by Gasteiger charge is 2.01. The minimum absolute atomic E-state index is 0.0994. The van der Waals surface area contributed by atoms with Crippen molar-refractivity contribution in [3.05, 3.63) is 0 Å². The van der Waals surface area contributed by atoms with Gasteiger partial charge in [0.25, 0.3) is 0 Å². The van der Waals surface area contributed by atoms with E-state index in [9.17, 15) is 4.79 Å². The molecule has 3 N–H and O–H groups in total. The molecule has 0 radical (unpaired) electrons. The largest absolute Gasteiger partial charge is 0.466 e. The van der Waals surface area contributed by atoms with Gasteiger partial charge in [-0.25, -0.2) is 0 Å². The molecule has 0 saturated carbocycles. The Morgan fingerprint density at radius 2 is 1.35 bits per heavy atom. The Morgan fingerprint density at radius 3 is 1.87 bits per heavy atom. The summed E-state index contributed by atoms with van der Waals surface area (Å²) < 4.78 is 5.20. The highest BCUT2D eigenvalue weighted by molar-refractivity contribution is 5.69. The fraction of sp³-hybridized carbons (Fsp3) is 0.947. The van der Waals surface area contributed by atoms with Crippen LogP contribution in [0.5, 0.6) is 0 Å². The van der Waals surface area contributed by atoms with Crippen molar-refractivity contribution < 1.29 is 9.53 Å². The quantitative estimate of drug-likeness (QED) is 0.293. The normalized spacial score (nSPS) is 10.9. The maximum Gasteiger partial charge on any atom is 0.307 e. The summed E-state index contributed by atoms with van der Waals surface area (Å²) in [6, 6.07) is 0. The van der Waals surface area contributed by atoms with Crippen LogP contribution in [0.25, 0.3) is 0 Å². The first-order valence-corrected chi connectivity index (χ1v) is 9.87. The maximum absolute atomic E-state index is 11.4. The van der Waals surface area contributed by atoms with Crippen molar-refractivity contribution in [1.29, 1.82) is 0 Å². The van der Waals surface area contributed by atoms with Crippen LogP contribution in [0.15, 0.2) is 0 Å². The molecule has 4 nitrogen and oxygen atoms in total. The van der Waals surface area contributed by atoms with Crippen LogP contribution in [0.4, 0.5) is 0 Å². The number of ether oxygens (including phenoxy) is 1. The van der Waals surface area contributed by atoms with Gasteiger partial charge >= 0.3 is 5.97 Å². The van der Waals surface area contributed by atoms with Crippen LogP contribution in [0.1, 0.15) is 90.4 Å². The highest BCUT2D eigenvalue weighted by Crippen LogP contribution is 2.11. The molecule has 0 unspecified atom stereocenters. The zero-order valence-electron chi connectivity index (χ0n) is 15.4. The molecule has 138 valence electrons. The fourth-order valence-corrected chi connectivity index (χ4v) is 2.62. The first kappa shape index (κ1) is 22.4. The fourth-order valence-electron chi connectivity index (χ4n) is 2.62. The molecule has 0 bridgehead atoms. The average Bonchev–Trinajstić information content (AvgIpc) is 2.56. The molecular formula is C19H40N2O2. The lowest BCUT2D eigenvalue weighted by molar-refractivity contribution is -0.143. The Labute approximate surface area is 143 Å². The summed E-state index contributed by atoms with van der Waals surface area (Å²) in [4.78, 5) is 11.4. The molecule has 0 aliphatic carbocycles. The van der Waals surface area contributed by atoms with E-state index in [1.165, 1.54) is 70.6 Å². The van der Waals surface area contributed by atoms with E-state index >= 15 is 0 Å². The van der Waals surface area contributed by atoms with Gasteiger partial charge in [0, 0.05) is 19.6 Å². The number of carbonyl (C=O) groups excluding carboxylic acids is 1. The van der Waals surface area contributed by atoms with E-state index in [1.807, 2.05) is 0 Å². The number of nitrogens with two attached hydrogens (primary N) is 1. The monoisotopic (exact) mass is 328 g/mol. The molecular weight excluding hydrogens is 288 g/mol. The Bertz CT molecular complexity index is 248. The number of nitrogens with one attached hydrogen (secondary N) is 1. The third-order valence-corrected chi connectivity index (χ3v) is 4.09. The SMILES string of the molecule is CCCCCCCCCCCCCCOC(=O)CCNCCN. The van der Waals surface area contributed by atoms with Crippen LogP contribution in [0.2, 0.25) is 0 Å². The summed E-state index contributed by atoms with van der Waals surface area (Å²) in [5.41, 5.74) is 5.36. The van der Waals surface area contributed by atoms with Gasteiger partial charge in [-0.2, -0.15) is 0 Å². The van der Waals surface area contributed by atoms with Crippen LogP contribution in [-0.4, -0.2) is 32.2 Å². The zero-order chi connectivity index (χ0) is 17.0. The van der Waals surface area contributed by atoms with Crippen LogP contribution in [0, 0.1) is 0 Å². The van der Waals surface area contributed by atoms with Gasteiger partial charge in [-0.05, 0) is 6.42 Å². The Kier molecular flexibility index (Phi) is 18.9. The predicted molar refractivity (Wildman–Crippen MR) is 98.6 cm³/mol. The van der Waals surface area contributed by atoms with Gasteiger partial charge in [0.2, 0.25) is 0 Å². The van der Waals surface area contributed by atoms with Crippen LogP contribution in [-0.2, 0) is 9.53 Å². The van der Waals surface area contributed by atoms with Crippen molar-refractivity contribution in [1.82, 2.24) is 5.32 Å². The van der Waals surface area contributed by atoms with Crippen LogP contribution >= 0.6 is 0 Å². The maximum atomic E-state index is 11.4. The smallest absolute Gasteiger partial charge is 0.307 e. The molecule has 0 heterocycles. The lowest BCUT2D eigenvalue weighted by Crippen LogP contribution is -2.25. The molecule has 0 aliphatic rings. The summed E-state index contributed by atoms with van der Waals surface area (Å²) in [7, 11) is 0. The van der Waals surface area contributed by atoms with E-state index < -0.39 is 0 Å². The van der Waals surface area contributed by atoms with Gasteiger partial charge < -0.3 is 15.8 Å². The lowest BCUT2D eigenvalue weighted by Gasteiger charge is -2.06. The molecule has 0 rings (SSSR count). The number of carbonyl (C=O) groups is 1. The van der Waals surface area contributed by atoms with Gasteiger partial charge in [-0.15, -0.1) is 0 Å². The van der Waals surface area contributed by atoms with Gasteiger partial charge in [0.15, 0.2) is 0 Å². The van der Waals surface area contributed by atoms with E-state index in [4.69, 9.17) is 10.5 Å². The molecule has 4 heteroatoms. The van der Waals surface area contributed by atoms with E-state index in [0.717, 1.165) is 13.0 Å². The summed E-state index contributed by atoms with van der Waals surface area (Å²) in [5, 5.41) is 3.09. The number of hydrogen-bond donors (Lipinski definition) is 2. The van der Waals surface area contributed by atoms with Crippen molar-refractivity contribution in [3.8, 4) is 0 Å². The van der Waals surface area contributed by atoms with Crippen LogP contribution in [0.3, 0.4) is 0 Å². The third-order valence-electron chi connectivity index (χ3n) is 4.09. The van der Waals surface area contributed by atoms with Gasteiger partial charge in [0.05, 0.1) is 13.0 Å². The summed E-state index contributed by atoms with van der Waals surface area (Å²) in [5.74, 6) is -0.0994. The van der Waals surface area contributed by atoms with Crippen molar-refractivity contribution in [2.75, 3.05) is 26.2 Å². The Morgan fingerprint density at radius 1 is 0.826 bits per heavy atom. The van der Waals surface area contributed by atoms with E-state index in [0.29, 0.717) is 26.1 Å². The van der Waals surface area contributed by atoms with E-state index in [1.54, 1.807) is 0 Å². The molecule has 0 amide bonds. The van der Waals surface area contributed by atoms with Crippen molar-refractivity contribution in [2.45, 2.75) is 90.4 Å². The van der Waals surface area contributed by atoms with Crippen molar-refractivity contribution in [2.24, 2.45) is 5.73 Å². The summed E-state index contributed by atoms with van der Waals surface area (Å²) >= 11 is 0.